The summed E-state index contributed by atoms with van der Waals surface area (Å²) in [5.41, 5.74) is 2.79. The zero-order chi connectivity index (χ0) is 21.2. The summed E-state index contributed by atoms with van der Waals surface area (Å²) in [6.45, 7) is 4.82. The highest BCUT2D eigenvalue weighted by Gasteiger charge is 2.32. The van der Waals surface area contributed by atoms with E-state index < -0.39 is 10.0 Å². The number of benzene rings is 2. The summed E-state index contributed by atoms with van der Waals surface area (Å²) in [5, 5.41) is 3.94. The van der Waals surface area contributed by atoms with Gasteiger partial charge >= 0.3 is 0 Å². The molecule has 8 heteroatoms. The zero-order valence-electron chi connectivity index (χ0n) is 16.4. The molecule has 1 amide bonds. The van der Waals surface area contributed by atoms with Gasteiger partial charge in [-0.1, -0.05) is 35.3 Å². The van der Waals surface area contributed by atoms with E-state index in [2.05, 4.69) is 5.32 Å². The third kappa shape index (κ3) is 5.12. The third-order valence-corrected chi connectivity index (χ3v) is 7.89. The second-order valence-electron chi connectivity index (χ2n) is 7.38. The first-order valence-electron chi connectivity index (χ1n) is 9.47. The minimum atomic E-state index is -3.54. The smallest absolute Gasteiger partial charge is 0.243 e. The molecule has 5 nitrogen and oxygen atoms in total. The Morgan fingerprint density at radius 3 is 2.38 bits per heavy atom. The van der Waals surface area contributed by atoms with Crippen LogP contribution in [-0.2, 0) is 21.4 Å². The maximum atomic E-state index is 12.9. The van der Waals surface area contributed by atoms with Crippen molar-refractivity contribution >= 4 is 39.1 Å². The Hall–Kier alpha value is -1.60. The molecule has 156 valence electrons. The van der Waals surface area contributed by atoms with Gasteiger partial charge in [0.15, 0.2) is 0 Å². The third-order valence-electron chi connectivity index (χ3n) is 5.41. The quantitative estimate of drug-likeness (QED) is 0.730. The number of halogens is 2. The van der Waals surface area contributed by atoms with Crippen molar-refractivity contribution in [3.63, 3.8) is 0 Å². The fourth-order valence-corrected chi connectivity index (χ4v) is 5.40. The number of sulfonamides is 1. The lowest BCUT2D eigenvalue weighted by atomic mass is 9.97. The van der Waals surface area contributed by atoms with E-state index in [1.807, 2.05) is 19.9 Å². The van der Waals surface area contributed by atoms with E-state index >= 15 is 0 Å². The number of carbonyl (C=O) groups is 1. The highest BCUT2D eigenvalue weighted by atomic mass is 35.5. The molecule has 1 fully saturated rings. The van der Waals surface area contributed by atoms with Gasteiger partial charge in [0.2, 0.25) is 15.9 Å². The second kappa shape index (κ2) is 9.04. The standard InChI is InChI=1S/C21H24Cl2N2O3S/c1-14-3-6-19(11-15(14)2)29(27,28)25-9-7-16(8-10-25)21(26)24-13-17-4-5-18(22)12-20(17)23/h3-6,11-12,16H,7-10,13H2,1-2H3,(H,24,26). The molecular weight excluding hydrogens is 431 g/mol. The SMILES string of the molecule is Cc1ccc(S(=O)(=O)N2CCC(C(=O)NCc3ccc(Cl)cc3Cl)CC2)cc1C. The Bertz CT molecular complexity index is 1020. The summed E-state index contributed by atoms with van der Waals surface area (Å²) in [5.74, 6) is -0.300. The monoisotopic (exact) mass is 454 g/mol. The van der Waals surface area contributed by atoms with E-state index in [1.54, 1.807) is 30.3 Å². The lowest BCUT2D eigenvalue weighted by Gasteiger charge is -2.30. The summed E-state index contributed by atoms with van der Waals surface area (Å²) >= 11 is 12.0. The molecule has 1 saturated heterocycles. The van der Waals surface area contributed by atoms with Crippen LogP contribution in [0.5, 0.6) is 0 Å². The van der Waals surface area contributed by atoms with Crippen LogP contribution in [0.4, 0.5) is 0 Å². The molecule has 1 N–H and O–H groups in total. The molecule has 0 atom stereocenters. The molecule has 0 aliphatic carbocycles. The van der Waals surface area contributed by atoms with Gasteiger partial charge in [0.25, 0.3) is 0 Å². The molecule has 2 aromatic carbocycles. The maximum absolute atomic E-state index is 12.9. The van der Waals surface area contributed by atoms with Crippen molar-refractivity contribution in [1.29, 1.82) is 0 Å². The van der Waals surface area contributed by atoms with Gasteiger partial charge in [0.05, 0.1) is 4.90 Å². The number of carbonyl (C=O) groups excluding carboxylic acids is 1. The zero-order valence-corrected chi connectivity index (χ0v) is 18.7. The van der Waals surface area contributed by atoms with Crippen LogP contribution in [0.2, 0.25) is 10.0 Å². The number of hydrogen-bond acceptors (Lipinski definition) is 3. The number of hydrogen-bond donors (Lipinski definition) is 1. The Labute approximate surface area is 182 Å². The van der Waals surface area contributed by atoms with Gasteiger partial charge in [0, 0.05) is 35.6 Å². The highest BCUT2D eigenvalue weighted by Crippen LogP contribution is 2.26. The molecule has 0 unspecified atom stereocenters. The van der Waals surface area contributed by atoms with Crippen molar-refractivity contribution in [2.24, 2.45) is 5.92 Å². The van der Waals surface area contributed by atoms with Gasteiger partial charge < -0.3 is 5.32 Å². The molecule has 3 rings (SSSR count). The van der Waals surface area contributed by atoms with E-state index in [0.29, 0.717) is 47.4 Å². The highest BCUT2D eigenvalue weighted by molar-refractivity contribution is 7.89. The van der Waals surface area contributed by atoms with Crippen molar-refractivity contribution < 1.29 is 13.2 Å². The summed E-state index contributed by atoms with van der Waals surface area (Å²) < 4.78 is 27.3. The van der Waals surface area contributed by atoms with E-state index in [0.717, 1.165) is 16.7 Å². The fourth-order valence-electron chi connectivity index (χ4n) is 3.37. The van der Waals surface area contributed by atoms with Crippen LogP contribution >= 0.6 is 23.2 Å². The fraction of sp³-hybridized carbons (Fsp3) is 0.381. The van der Waals surface area contributed by atoms with Gasteiger partial charge in [0.1, 0.15) is 0 Å². The van der Waals surface area contributed by atoms with E-state index in [9.17, 15) is 13.2 Å². The molecule has 1 aliphatic rings. The van der Waals surface area contributed by atoms with Gasteiger partial charge in [-0.3, -0.25) is 4.79 Å². The van der Waals surface area contributed by atoms with Crippen LogP contribution in [0.1, 0.15) is 29.5 Å². The van der Waals surface area contributed by atoms with Crippen molar-refractivity contribution in [3.05, 3.63) is 63.1 Å². The Balaban J connectivity index is 1.58. The first-order chi connectivity index (χ1) is 13.7. The maximum Gasteiger partial charge on any atom is 0.243 e. The summed E-state index contributed by atoms with van der Waals surface area (Å²) in [4.78, 5) is 12.8. The Morgan fingerprint density at radius 1 is 1.07 bits per heavy atom. The largest absolute Gasteiger partial charge is 0.352 e. The molecule has 1 heterocycles. The molecule has 2 aromatic rings. The first-order valence-corrected chi connectivity index (χ1v) is 11.7. The van der Waals surface area contributed by atoms with Gasteiger partial charge in [-0.25, -0.2) is 8.42 Å². The number of aryl methyl sites for hydroxylation is 2. The van der Waals surface area contributed by atoms with Crippen molar-refractivity contribution in [1.82, 2.24) is 9.62 Å². The molecule has 0 saturated carbocycles. The number of nitrogens with one attached hydrogen (secondary N) is 1. The molecular formula is C21H24Cl2N2O3S. The molecule has 0 radical (unpaired) electrons. The summed E-state index contributed by atoms with van der Waals surface area (Å²) in [6, 6.07) is 10.3. The van der Waals surface area contributed by atoms with Crippen molar-refractivity contribution in [3.8, 4) is 0 Å². The minimum absolute atomic E-state index is 0.0840. The molecule has 29 heavy (non-hydrogen) atoms. The normalized spacial score (nSPS) is 16.0. The van der Waals surface area contributed by atoms with Gasteiger partial charge in [-0.15, -0.1) is 0 Å². The van der Waals surface area contributed by atoms with Crippen LogP contribution in [0.25, 0.3) is 0 Å². The van der Waals surface area contributed by atoms with Crippen LogP contribution in [0, 0.1) is 19.8 Å². The number of nitrogens with zero attached hydrogens (tertiary/aromatic N) is 1. The lowest BCUT2D eigenvalue weighted by molar-refractivity contribution is -0.126. The number of amides is 1. The van der Waals surface area contributed by atoms with E-state index in [4.69, 9.17) is 23.2 Å². The molecule has 0 spiro atoms. The van der Waals surface area contributed by atoms with Crippen LogP contribution in [0.15, 0.2) is 41.3 Å². The van der Waals surface area contributed by atoms with Crippen LogP contribution in [0.3, 0.4) is 0 Å². The molecule has 0 aromatic heterocycles. The van der Waals surface area contributed by atoms with Crippen LogP contribution in [-0.4, -0.2) is 31.7 Å². The predicted octanol–water partition coefficient (Wildman–Crippen LogP) is 4.33. The topological polar surface area (TPSA) is 66.5 Å². The Morgan fingerprint density at radius 2 is 1.76 bits per heavy atom. The van der Waals surface area contributed by atoms with Gasteiger partial charge in [-0.2, -0.15) is 4.31 Å². The first kappa shape index (κ1) is 22.1. The molecule has 1 aliphatic heterocycles. The average Bonchev–Trinajstić information content (AvgIpc) is 2.69. The average molecular weight is 455 g/mol. The Kier molecular flexibility index (Phi) is 6.89. The molecule has 0 bridgehead atoms. The lowest BCUT2D eigenvalue weighted by Crippen LogP contribution is -2.42. The predicted molar refractivity (Wildman–Crippen MR) is 116 cm³/mol. The number of rotatable bonds is 5. The van der Waals surface area contributed by atoms with Crippen molar-refractivity contribution in [2.45, 2.75) is 38.1 Å². The number of piperidine rings is 1. The van der Waals surface area contributed by atoms with E-state index in [-0.39, 0.29) is 11.8 Å². The minimum Gasteiger partial charge on any atom is -0.352 e. The summed E-state index contributed by atoms with van der Waals surface area (Å²) in [6.07, 6.45) is 0.981. The van der Waals surface area contributed by atoms with Crippen LogP contribution < -0.4 is 5.32 Å². The van der Waals surface area contributed by atoms with Crippen molar-refractivity contribution in [2.75, 3.05) is 13.1 Å². The summed E-state index contributed by atoms with van der Waals surface area (Å²) in [7, 11) is -3.54. The second-order valence-corrected chi connectivity index (χ2v) is 10.2. The van der Waals surface area contributed by atoms with E-state index in [1.165, 1.54) is 4.31 Å². The van der Waals surface area contributed by atoms with Gasteiger partial charge in [-0.05, 0) is 67.6 Å².